The fraction of sp³-hybridized carbons (Fsp3) is 0.214. The highest BCUT2D eigenvalue weighted by Crippen LogP contribution is 2.29. The van der Waals surface area contributed by atoms with Gasteiger partial charge in [0.15, 0.2) is 5.82 Å². The van der Waals surface area contributed by atoms with Gasteiger partial charge in [0.1, 0.15) is 5.02 Å². The highest BCUT2D eigenvalue weighted by Gasteiger charge is 2.08. The molecule has 0 atom stereocenters. The van der Waals surface area contributed by atoms with Gasteiger partial charge < -0.3 is 10.6 Å². The van der Waals surface area contributed by atoms with Crippen molar-refractivity contribution in [2.45, 2.75) is 13.3 Å². The van der Waals surface area contributed by atoms with Crippen molar-refractivity contribution in [2.24, 2.45) is 0 Å². The third-order valence-electron chi connectivity index (χ3n) is 2.63. The summed E-state index contributed by atoms with van der Waals surface area (Å²) in [6, 6.07) is 6.99. The quantitative estimate of drug-likeness (QED) is 0.862. The average Bonchev–Trinajstić information content (AvgIpc) is 2.50. The summed E-state index contributed by atoms with van der Waals surface area (Å²) >= 11 is 12.2. The normalized spacial score (nSPS) is 10.0. The first-order valence-corrected chi connectivity index (χ1v) is 7.12. The Morgan fingerprint density at radius 2 is 2.10 bits per heavy atom. The molecule has 1 aromatic carbocycles. The lowest BCUT2D eigenvalue weighted by Crippen LogP contribution is -2.06. The Balaban J connectivity index is 2.28. The smallest absolute Gasteiger partial charge is 0.224 e. The molecular weight excluding hydrogens is 309 g/mol. The van der Waals surface area contributed by atoms with Gasteiger partial charge in [-0.3, -0.25) is 0 Å². The van der Waals surface area contributed by atoms with E-state index in [4.69, 9.17) is 28.5 Å². The van der Waals surface area contributed by atoms with Crippen molar-refractivity contribution >= 4 is 40.7 Å². The molecule has 0 fully saturated rings. The van der Waals surface area contributed by atoms with E-state index in [-0.39, 0.29) is 0 Å². The van der Waals surface area contributed by atoms with Gasteiger partial charge in [-0.15, -0.1) is 0 Å². The standard InChI is InChI=1S/C14H13Cl2N5/c1-2-5-18-14-19-8-11(16)13(21-14)20-12-6-9(7-17)3-4-10(12)15/h3-4,6,8H,2,5H2,1H3,(H2,18,19,20,21). The van der Waals surface area contributed by atoms with Crippen molar-refractivity contribution in [3.8, 4) is 6.07 Å². The highest BCUT2D eigenvalue weighted by molar-refractivity contribution is 6.34. The van der Waals surface area contributed by atoms with Gasteiger partial charge in [0, 0.05) is 6.54 Å². The second-order valence-corrected chi connectivity index (χ2v) is 5.06. The first-order valence-electron chi connectivity index (χ1n) is 6.37. The minimum absolute atomic E-state index is 0.371. The molecule has 0 aliphatic rings. The average molecular weight is 322 g/mol. The van der Waals surface area contributed by atoms with Crippen LogP contribution in [0.4, 0.5) is 17.5 Å². The van der Waals surface area contributed by atoms with E-state index in [0.29, 0.717) is 33.1 Å². The van der Waals surface area contributed by atoms with E-state index >= 15 is 0 Å². The molecule has 0 amide bonds. The van der Waals surface area contributed by atoms with Crippen LogP contribution >= 0.6 is 23.2 Å². The zero-order chi connectivity index (χ0) is 15.2. The fourth-order valence-corrected chi connectivity index (χ4v) is 1.90. The molecule has 0 bridgehead atoms. The predicted molar refractivity (Wildman–Crippen MR) is 85.3 cm³/mol. The number of anilines is 3. The van der Waals surface area contributed by atoms with Crippen molar-refractivity contribution in [2.75, 3.05) is 17.2 Å². The summed E-state index contributed by atoms with van der Waals surface area (Å²) in [7, 11) is 0. The first-order chi connectivity index (χ1) is 10.1. The number of nitrogens with one attached hydrogen (secondary N) is 2. The largest absolute Gasteiger partial charge is 0.354 e. The molecule has 108 valence electrons. The van der Waals surface area contributed by atoms with Gasteiger partial charge in [0.05, 0.1) is 28.5 Å². The molecule has 0 spiro atoms. The van der Waals surface area contributed by atoms with Crippen LogP contribution in [0, 0.1) is 11.3 Å². The summed E-state index contributed by atoms with van der Waals surface area (Å²) in [5, 5.41) is 15.9. The summed E-state index contributed by atoms with van der Waals surface area (Å²) in [6.07, 6.45) is 2.47. The van der Waals surface area contributed by atoms with Crippen molar-refractivity contribution in [3.63, 3.8) is 0 Å². The van der Waals surface area contributed by atoms with Crippen molar-refractivity contribution in [3.05, 3.63) is 40.0 Å². The van der Waals surface area contributed by atoms with Crippen LogP contribution in [0.25, 0.3) is 0 Å². The van der Waals surface area contributed by atoms with Crippen LogP contribution < -0.4 is 10.6 Å². The molecule has 1 heterocycles. The minimum Gasteiger partial charge on any atom is -0.354 e. The third kappa shape index (κ3) is 3.97. The predicted octanol–water partition coefficient (Wildman–Crippen LogP) is 4.22. The number of nitriles is 1. The maximum Gasteiger partial charge on any atom is 0.224 e. The lowest BCUT2D eigenvalue weighted by Gasteiger charge is -2.11. The molecule has 2 N–H and O–H groups in total. The van der Waals surface area contributed by atoms with E-state index in [1.165, 1.54) is 6.20 Å². The SMILES string of the molecule is CCCNc1ncc(Cl)c(Nc2cc(C#N)ccc2Cl)n1. The monoisotopic (exact) mass is 321 g/mol. The van der Waals surface area contributed by atoms with E-state index in [2.05, 4.69) is 33.6 Å². The molecule has 0 unspecified atom stereocenters. The maximum atomic E-state index is 8.93. The van der Waals surface area contributed by atoms with Gasteiger partial charge in [-0.2, -0.15) is 10.2 Å². The van der Waals surface area contributed by atoms with Crippen LogP contribution in [0.15, 0.2) is 24.4 Å². The second kappa shape index (κ2) is 7.11. The number of halogens is 2. The molecule has 2 aromatic rings. The van der Waals surface area contributed by atoms with Crippen molar-refractivity contribution < 1.29 is 0 Å². The van der Waals surface area contributed by atoms with Crippen LogP contribution in [0.1, 0.15) is 18.9 Å². The van der Waals surface area contributed by atoms with Crippen LogP contribution in [0.5, 0.6) is 0 Å². The topological polar surface area (TPSA) is 73.6 Å². The van der Waals surface area contributed by atoms with Gasteiger partial charge >= 0.3 is 0 Å². The molecule has 7 heteroatoms. The van der Waals surface area contributed by atoms with E-state index < -0.39 is 0 Å². The summed E-state index contributed by atoms with van der Waals surface area (Å²) in [6.45, 7) is 2.82. The Kier molecular flexibility index (Phi) is 5.20. The summed E-state index contributed by atoms with van der Waals surface area (Å²) in [4.78, 5) is 8.39. The zero-order valence-corrected chi connectivity index (χ0v) is 12.8. The number of nitrogens with zero attached hydrogens (tertiary/aromatic N) is 3. The van der Waals surface area contributed by atoms with Crippen LogP contribution in [0.2, 0.25) is 10.0 Å². The molecule has 2 rings (SSSR count). The third-order valence-corrected chi connectivity index (χ3v) is 3.23. The Hall–Kier alpha value is -2.03. The highest BCUT2D eigenvalue weighted by atomic mass is 35.5. The molecule has 1 aromatic heterocycles. The lowest BCUT2D eigenvalue weighted by molar-refractivity contribution is 0.953. The molecule has 0 saturated carbocycles. The zero-order valence-electron chi connectivity index (χ0n) is 11.3. The molecule has 0 radical (unpaired) electrons. The van der Waals surface area contributed by atoms with Gasteiger partial charge in [-0.05, 0) is 24.6 Å². The summed E-state index contributed by atoms with van der Waals surface area (Å²) in [5.41, 5.74) is 1.06. The van der Waals surface area contributed by atoms with Crippen molar-refractivity contribution in [1.29, 1.82) is 5.26 Å². The number of aromatic nitrogens is 2. The summed E-state index contributed by atoms with van der Waals surface area (Å²) < 4.78 is 0. The Bertz CT molecular complexity index is 682. The molecule has 0 aliphatic heterocycles. The summed E-state index contributed by atoms with van der Waals surface area (Å²) in [5.74, 6) is 0.915. The fourth-order valence-electron chi connectivity index (χ4n) is 1.59. The minimum atomic E-state index is 0.371. The number of rotatable bonds is 5. The van der Waals surface area contributed by atoms with Crippen LogP contribution in [-0.4, -0.2) is 16.5 Å². The second-order valence-electron chi connectivity index (χ2n) is 4.25. The van der Waals surface area contributed by atoms with Gasteiger partial charge in [-0.1, -0.05) is 30.1 Å². The van der Waals surface area contributed by atoms with Gasteiger partial charge in [-0.25, -0.2) is 4.98 Å². The first kappa shape index (κ1) is 15.4. The van der Waals surface area contributed by atoms with E-state index in [1.54, 1.807) is 18.2 Å². The number of benzene rings is 1. The van der Waals surface area contributed by atoms with E-state index in [0.717, 1.165) is 13.0 Å². The molecule has 0 saturated heterocycles. The number of hydrogen-bond donors (Lipinski definition) is 2. The van der Waals surface area contributed by atoms with E-state index in [9.17, 15) is 0 Å². The van der Waals surface area contributed by atoms with E-state index in [1.807, 2.05) is 0 Å². The lowest BCUT2D eigenvalue weighted by atomic mass is 10.2. The van der Waals surface area contributed by atoms with Gasteiger partial charge in [0.25, 0.3) is 0 Å². The Labute approximate surface area is 132 Å². The van der Waals surface area contributed by atoms with Crippen LogP contribution in [0.3, 0.4) is 0 Å². The molecule has 5 nitrogen and oxygen atoms in total. The maximum absolute atomic E-state index is 8.93. The van der Waals surface area contributed by atoms with Gasteiger partial charge in [0.2, 0.25) is 5.95 Å². The Morgan fingerprint density at radius 1 is 1.29 bits per heavy atom. The molecule has 21 heavy (non-hydrogen) atoms. The molecule has 0 aliphatic carbocycles. The number of hydrogen-bond acceptors (Lipinski definition) is 5. The van der Waals surface area contributed by atoms with Crippen molar-refractivity contribution in [1.82, 2.24) is 9.97 Å². The van der Waals surface area contributed by atoms with Crippen LogP contribution in [-0.2, 0) is 0 Å². The molecular formula is C14H13Cl2N5. The Morgan fingerprint density at radius 3 is 2.81 bits per heavy atom.